The third-order valence-corrected chi connectivity index (χ3v) is 5.38. The van der Waals surface area contributed by atoms with Crippen LogP contribution in [0.4, 0.5) is 0 Å². The van der Waals surface area contributed by atoms with E-state index < -0.39 is 10.0 Å². The minimum absolute atomic E-state index is 0.399. The Balaban J connectivity index is 2.88. The SMILES string of the molecule is CCCCN(CC)S(=O)(=O)c1cccc(CNCCC)c1. The predicted octanol–water partition coefficient (Wildman–Crippen LogP) is 3.00. The predicted molar refractivity (Wildman–Crippen MR) is 87.8 cm³/mol. The van der Waals surface area contributed by atoms with Gasteiger partial charge in [0.1, 0.15) is 0 Å². The molecule has 5 heteroatoms. The lowest BCUT2D eigenvalue weighted by atomic mass is 10.2. The normalized spacial score (nSPS) is 12.0. The zero-order valence-corrected chi connectivity index (χ0v) is 14.2. The topological polar surface area (TPSA) is 49.4 Å². The monoisotopic (exact) mass is 312 g/mol. The molecule has 0 aliphatic carbocycles. The Bertz CT molecular complexity index is 515. The molecule has 0 unspecified atom stereocenters. The third kappa shape index (κ3) is 5.41. The number of unbranched alkanes of at least 4 members (excludes halogenated alkanes) is 1. The van der Waals surface area contributed by atoms with Gasteiger partial charge in [-0.25, -0.2) is 8.42 Å². The number of nitrogens with zero attached hydrogens (tertiary/aromatic N) is 1. The van der Waals surface area contributed by atoms with E-state index in [-0.39, 0.29) is 0 Å². The van der Waals surface area contributed by atoms with Crippen LogP contribution >= 0.6 is 0 Å². The summed E-state index contributed by atoms with van der Waals surface area (Å²) >= 11 is 0. The minimum Gasteiger partial charge on any atom is -0.313 e. The summed E-state index contributed by atoms with van der Waals surface area (Å²) in [4.78, 5) is 0.399. The molecule has 1 aromatic rings. The van der Waals surface area contributed by atoms with E-state index >= 15 is 0 Å². The van der Waals surface area contributed by atoms with Gasteiger partial charge in [-0.05, 0) is 37.1 Å². The second-order valence-electron chi connectivity index (χ2n) is 5.17. The molecule has 0 aliphatic rings. The largest absolute Gasteiger partial charge is 0.313 e. The van der Waals surface area contributed by atoms with Gasteiger partial charge in [0.2, 0.25) is 10.0 Å². The van der Waals surface area contributed by atoms with Crippen LogP contribution in [0.3, 0.4) is 0 Å². The van der Waals surface area contributed by atoms with Crippen molar-refractivity contribution >= 4 is 10.0 Å². The van der Waals surface area contributed by atoms with Gasteiger partial charge in [0, 0.05) is 19.6 Å². The Labute approximate surface area is 129 Å². The number of sulfonamides is 1. The first-order chi connectivity index (χ1) is 10.1. The van der Waals surface area contributed by atoms with E-state index in [1.54, 1.807) is 16.4 Å². The van der Waals surface area contributed by atoms with E-state index in [0.29, 0.717) is 24.5 Å². The fraction of sp³-hybridized carbons (Fsp3) is 0.625. The molecule has 0 saturated heterocycles. The van der Waals surface area contributed by atoms with Gasteiger partial charge in [-0.3, -0.25) is 0 Å². The molecule has 0 bridgehead atoms. The molecule has 1 aromatic carbocycles. The van der Waals surface area contributed by atoms with Crippen molar-refractivity contribution < 1.29 is 8.42 Å². The zero-order valence-electron chi connectivity index (χ0n) is 13.4. The fourth-order valence-electron chi connectivity index (χ4n) is 2.16. The summed E-state index contributed by atoms with van der Waals surface area (Å²) in [6.07, 6.45) is 2.95. The highest BCUT2D eigenvalue weighted by atomic mass is 32.2. The molecule has 1 rings (SSSR count). The maximum atomic E-state index is 12.7. The van der Waals surface area contributed by atoms with Crippen LogP contribution < -0.4 is 5.32 Å². The van der Waals surface area contributed by atoms with Gasteiger partial charge in [-0.1, -0.05) is 39.3 Å². The number of benzene rings is 1. The van der Waals surface area contributed by atoms with Gasteiger partial charge in [-0.15, -0.1) is 0 Å². The van der Waals surface area contributed by atoms with Crippen molar-refractivity contribution in [2.45, 2.75) is 51.5 Å². The van der Waals surface area contributed by atoms with Crippen molar-refractivity contribution in [2.24, 2.45) is 0 Å². The minimum atomic E-state index is -3.37. The first-order valence-corrected chi connectivity index (χ1v) is 9.30. The van der Waals surface area contributed by atoms with E-state index in [2.05, 4.69) is 19.2 Å². The second-order valence-corrected chi connectivity index (χ2v) is 7.11. The number of rotatable bonds is 10. The Kier molecular flexibility index (Phi) is 7.93. The molecule has 4 nitrogen and oxygen atoms in total. The molecule has 0 radical (unpaired) electrons. The molecule has 0 amide bonds. The summed E-state index contributed by atoms with van der Waals surface area (Å²) in [7, 11) is -3.37. The third-order valence-electron chi connectivity index (χ3n) is 3.41. The van der Waals surface area contributed by atoms with Gasteiger partial charge in [-0.2, -0.15) is 4.31 Å². The van der Waals surface area contributed by atoms with Crippen LogP contribution in [0.2, 0.25) is 0 Å². The van der Waals surface area contributed by atoms with Crippen LogP contribution in [-0.4, -0.2) is 32.4 Å². The molecule has 0 spiro atoms. The Hall–Kier alpha value is -0.910. The van der Waals surface area contributed by atoms with Crippen molar-refractivity contribution in [3.05, 3.63) is 29.8 Å². The lowest BCUT2D eigenvalue weighted by molar-refractivity contribution is 0.419. The van der Waals surface area contributed by atoms with Crippen LogP contribution in [0.5, 0.6) is 0 Å². The zero-order chi connectivity index (χ0) is 15.7. The standard InChI is InChI=1S/C16H28N2O2S/c1-4-7-12-18(6-3)21(19,20)16-10-8-9-15(13-16)14-17-11-5-2/h8-10,13,17H,4-7,11-12,14H2,1-3H3. The molecule has 120 valence electrons. The quantitative estimate of drug-likeness (QED) is 0.676. The summed E-state index contributed by atoms with van der Waals surface area (Å²) in [6, 6.07) is 7.26. The smallest absolute Gasteiger partial charge is 0.243 e. The number of nitrogens with one attached hydrogen (secondary N) is 1. The van der Waals surface area contributed by atoms with Crippen molar-refractivity contribution in [3.63, 3.8) is 0 Å². The lowest BCUT2D eigenvalue weighted by Gasteiger charge is -2.20. The van der Waals surface area contributed by atoms with E-state index in [9.17, 15) is 8.42 Å². The maximum absolute atomic E-state index is 12.7. The molecular weight excluding hydrogens is 284 g/mol. The molecule has 0 fully saturated rings. The van der Waals surface area contributed by atoms with Gasteiger partial charge in [0.15, 0.2) is 0 Å². The van der Waals surface area contributed by atoms with Crippen LogP contribution in [0.1, 0.15) is 45.6 Å². The highest BCUT2D eigenvalue weighted by Crippen LogP contribution is 2.17. The summed E-state index contributed by atoms with van der Waals surface area (Å²) in [5.41, 5.74) is 1.01. The number of hydrogen-bond donors (Lipinski definition) is 1. The average molecular weight is 312 g/mol. The summed E-state index contributed by atoms with van der Waals surface area (Å²) in [5.74, 6) is 0. The molecule has 0 atom stereocenters. The van der Waals surface area contributed by atoms with E-state index in [1.165, 1.54) is 0 Å². The first kappa shape index (κ1) is 18.1. The highest BCUT2D eigenvalue weighted by Gasteiger charge is 2.22. The van der Waals surface area contributed by atoms with Crippen molar-refractivity contribution in [1.82, 2.24) is 9.62 Å². The average Bonchev–Trinajstić information content (AvgIpc) is 2.48. The molecule has 1 N–H and O–H groups in total. The molecule has 0 heterocycles. The first-order valence-electron chi connectivity index (χ1n) is 7.86. The van der Waals surface area contributed by atoms with Gasteiger partial charge < -0.3 is 5.32 Å². The summed E-state index contributed by atoms with van der Waals surface area (Å²) in [5, 5.41) is 3.30. The Morgan fingerprint density at radius 3 is 2.52 bits per heavy atom. The molecular formula is C16H28N2O2S. The highest BCUT2D eigenvalue weighted by molar-refractivity contribution is 7.89. The van der Waals surface area contributed by atoms with Crippen molar-refractivity contribution in [2.75, 3.05) is 19.6 Å². The lowest BCUT2D eigenvalue weighted by Crippen LogP contribution is -2.32. The Morgan fingerprint density at radius 2 is 1.90 bits per heavy atom. The second kappa shape index (κ2) is 9.18. The van der Waals surface area contributed by atoms with Crippen molar-refractivity contribution in [3.8, 4) is 0 Å². The molecule has 21 heavy (non-hydrogen) atoms. The van der Waals surface area contributed by atoms with Crippen LogP contribution in [0.25, 0.3) is 0 Å². The van der Waals surface area contributed by atoms with Crippen LogP contribution in [0, 0.1) is 0 Å². The van der Waals surface area contributed by atoms with Crippen LogP contribution in [0.15, 0.2) is 29.2 Å². The van der Waals surface area contributed by atoms with E-state index in [0.717, 1.165) is 31.4 Å². The van der Waals surface area contributed by atoms with Gasteiger partial charge in [0.05, 0.1) is 4.90 Å². The fourth-order valence-corrected chi connectivity index (χ4v) is 3.72. The van der Waals surface area contributed by atoms with Crippen LogP contribution in [-0.2, 0) is 16.6 Å². The number of hydrogen-bond acceptors (Lipinski definition) is 3. The molecule has 0 aliphatic heterocycles. The molecule has 0 aromatic heterocycles. The van der Waals surface area contributed by atoms with Gasteiger partial charge >= 0.3 is 0 Å². The van der Waals surface area contributed by atoms with E-state index in [4.69, 9.17) is 0 Å². The Morgan fingerprint density at radius 1 is 1.14 bits per heavy atom. The summed E-state index contributed by atoms with van der Waals surface area (Å²) in [6.45, 7) is 8.82. The van der Waals surface area contributed by atoms with Crippen molar-refractivity contribution in [1.29, 1.82) is 0 Å². The van der Waals surface area contributed by atoms with Gasteiger partial charge in [0.25, 0.3) is 0 Å². The molecule has 0 saturated carbocycles. The van der Waals surface area contributed by atoms with E-state index in [1.807, 2.05) is 19.1 Å². The maximum Gasteiger partial charge on any atom is 0.243 e. The summed E-state index contributed by atoms with van der Waals surface area (Å²) < 4.78 is 26.9.